The summed E-state index contributed by atoms with van der Waals surface area (Å²) in [5, 5.41) is 3.35. The number of piperazine rings is 1. The Morgan fingerprint density at radius 1 is 1.22 bits per heavy atom. The van der Waals surface area contributed by atoms with Gasteiger partial charge in [-0.2, -0.15) is 0 Å². The summed E-state index contributed by atoms with van der Waals surface area (Å²) in [6.07, 6.45) is -2.64. The Morgan fingerprint density at radius 3 is 2.50 bits per heavy atom. The molecule has 0 amide bonds. The molecule has 1 N–H and O–H groups in total. The van der Waals surface area contributed by atoms with Crippen LogP contribution in [-0.4, -0.2) is 37.5 Å². The van der Waals surface area contributed by atoms with Gasteiger partial charge in [0.05, 0.1) is 6.04 Å². The van der Waals surface area contributed by atoms with Crippen LogP contribution in [0, 0.1) is 5.82 Å². The summed E-state index contributed by atoms with van der Waals surface area (Å²) in [5.41, 5.74) is -0.0283. The number of nitrogens with zero attached hydrogens (tertiary/aromatic N) is 1. The van der Waals surface area contributed by atoms with E-state index in [-0.39, 0.29) is 10.6 Å². The molecule has 1 aromatic carbocycles. The second-order valence-electron chi connectivity index (χ2n) is 4.23. The van der Waals surface area contributed by atoms with Crippen molar-refractivity contribution in [1.29, 1.82) is 0 Å². The first-order valence-electron chi connectivity index (χ1n) is 5.77. The Labute approximate surface area is 109 Å². The number of nitrogens with one attached hydrogen (secondary N) is 1. The molecule has 1 aromatic rings. The highest BCUT2D eigenvalue weighted by Gasteiger charge is 2.32. The highest BCUT2D eigenvalue weighted by molar-refractivity contribution is 6.30. The number of alkyl halides is 2. The van der Waals surface area contributed by atoms with Crippen LogP contribution in [-0.2, 0) is 0 Å². The van der Waals surface area contributed by atoms with Crippen LogP contribution in [0.3, 0.4) is 0 Å². The van der Waals surface area contributed by atoms with E-state index in [1.54, 1.807) is 4.90 Å². The molecular weight excluding hydrogens is 265 g/mol. The summed E-state index contributed by atoms with van der Waals surface area (Å²) in [6, 6.07) is 2.55. The summed E-state index contributed by atoms with van der Waals surface area (Å²) in [4.78, 5) is 1.59. The number of hydrogen-bond acceptors (Lipinski definition) is 2. The van der Waals surface area contributed by atoms with Crippen molar-refractivity contribution in [2.24, 2.45) is 0 Å². The van der Waals surface area contributed by atoms with Crippen molar-refractivity contribution in [3.63, 3.8) is 0 Å². The largest absolute Gasteiger partial charge is 0.314 e. The van der Waals surface area contributed by atoms with Crippen LogP contribution in [0.15, 0.2) is 18.2 Å². The molecular formula is C12H14ClF3N2. The fourth-order valence-electron chi connectivity index (χ4n) is 2.19. The molecule has 0 spiro atoms. The highest BCUT2D eigenvalue weighted by Crippen LogP contribution is 2.31. The quantitative estimate of drug-likeness (QED) is 0.914. The predicted octanol–water partition coefficient (Wildman–Crippen LogP) is 2.69. The van der Waals surface area contributed by atoms with Crippen LogP contribution >= 0.6 is 11.6 Å². The van der Waals surface area contributed by atoms with Gasteiger partial charge >= 0.3 is 0 Å². The van der Waals surface area contributed by atoms with Crippen molar-refractivity contribution in [2.45, 2.75) is 12.5 Å². The Hall–Kier alpha value is -0.780. The predicted molar refractivity (Wildman–Crippen MR) is 64.6 cm³/mol. The van der Waals surface area contributed by atoms with E-state index in [9.17, 15) is 13.2 Å². The number of hydrogen-bond donors (Lipinski definition) is 1. The fraction of sp³-hybridized carbons (Fsp3) is 0.500. The van der Waals surface area contributed by atoms with E-state index in [4.69, 9.17) is 11.6 Å². The second kappa shape index (κ2) is 5.91. The molecule has 1 saturated heterocycles. The molecule has 2 nitrogen and oxygen atoms in total. The minimum atomic E-state index is -2.64. The van der Waals surface area contributed by atoms with Crippen LogP contribution in [0.5, 0.6) is 0 Å². The van der Waals surface area contributed by atoms with E-state index in [1.807, 2.05) is 0 Å². The Balaban J connectivity index is 2.31. The van der Waals surface area contributed by atoms with E-state index in [0.717, 1.165) is 6.07 Å². The van der Waals surface area contributed by atoms with Crippen LogP contribution < -0.4 is 5.32 Å². The molecule has 0 aliphatic carbocycles. The summed E-state index contributed by atoms with van der Waals surface area (Å²) in [7, 11) is 0. The Morgan fingerprint density at radius 2 is 1.89 bits per heavy atom. The zero-order chi connectivity index (χ0) is 13.1. The highest BCUT2D eigenvalue weighted by atomic mass is 35.5. The third kappa shape index (κ3) is 2.96. The van der Waals surface area contributed by atoms with Crippen molar-refractivity contribution in [3.05, 3.63) is 34.6 Å². The van der Waals surface area contributed by atoms with Gasteiger partial charge < -0.3 is 5.32 Å². The maximum atomic E-state index is 13.7. The fourth-order valence-corrected chi connectivity index (χ4v) is 2.37. The van der Waals surface area contributed by atoms with E-state index in [0.29, 0.717) is 26.2 Å². The standard InChI is InChI=1S/C12H14ClF3N2/c13-8-1-2-10(14)9(7-8)11(12(15)16)18-5-3-17-4-6-18/h1-2,7,11-12,17H,3-6H2/t11-/m1/s1. The normalized spacial score (nSPS) is 19.2. The zero-order valence-corrected chi connectivity index (χ0v) is 10.4. The lowest BCUT2D eigenvalue weighted by molar-refractivity contribution is 0.0164. The summed E-state index contributed by atoms with van der Waals surface area (Å²) < 4.78 is 40.1. The second-order valence-corrected chi connectivity index (χ2v) is 4.67. The van der Waals surface area contributed by atoms with Crippen LogP contribution in [0.25, 0.3) is 0 Å². The summed E-state index contributed by atoms with van der Waals surface area (Å²) >= 11 is 5.76. The molecule has 0 unspecified atom stereocenters. The molecule has 0 saturated carbocycles. The van der Waals surface area contributed by atoms with Crippen molar-refractivity contribution in [2.75, 3.05) is 26.2 Å². The molecule has 0 radical (unpaired) electrons. The molecule has 6 heteroatoms. The molecule has 1 heterocycles. The van der Waals surface area contributed by atoms with Crippen molar-refractivity contribution in [1.82, 2.24) is 10.2 Å². The van der Waals surface area contributed by atoms with E-state index in [1.165, 1.54) is 12.1 Å². The number of rotatable bonds is 3. The van der Waals surface area contributed by atoms with Gasteiger partial charge in [0.15, 0.2) is 0 Å². The van der Waals surface area contributed by atoms with Gasteiger partial charge in [-0.15, -0.1) is 0 Å². The molecule has 0 aromatic heterocycles. The van der Waals surface area contributed by atoms with E-state index in [2.05, 4.69) is 5.32 Å². The van der Waals surface area contributed by atoms with Gasteiger partial charge in [-0.05, 0) is 18.2 Å². The SMILES string of the molecule is Fc1ccc(Cl)cc1[C@H](C(F)F)N1CCNCC1. The molecule has 2 rings (SSSR count). The van der Waals surface area contributed by atoms with Gasteiger partial charge in [0.1, 0.15) is 5.82 Å². The minimum absolute atomic E-state index is 0.0283. The van der Waals surface area contributed by atoms with Crippen molar-refractivity contribution < 1.29 is 13.2 Å². The molecule has 1 aliphatic heterocycles. The summed E-state index contributed by atoms with van der Waals surface area (Å²) in [6.45, 7) is 2.21. The van der Waals surface area contributed by atoms with Crippen LogP contribution in [0.1, 0.15) is 11.6 Å². The molecule has 1 fully saturated rings. The molecule has 18 heavy (non-hydrogen) atoms. The van der Waals surface area contributed by atoms with Gasteiger partial charge in [-0.1, -0.05) is 11.6 Å². The van der Waals surface area contributed by atoms with E-state index < -0.39 is 18.3 Å². The molecule has 100 valence electrons. The average Bonchev–Trinajstić information content (AvgIpc) is 2.35. The minimum Gasteiger partial charge on any atom is -0.314 e. The maximum absolute atomic E-state index is 13.7. The van der Waals surface area contributed by atoms with Gasteiger partial charge in [0.2, 0.25) is 0 Å². The van der Waals surface area contributed by atoms with Gasteiger partial charge in [-0.3, -0.25) is 4.90 Å². The summed E-state index contributed by atoms with van der Waals surface area (Å²) in [5.74, 6) is -0.636. The van der Waals surface area contributed by atoms with Gasteiger partial charge in [0, 0.05) is 36.8 Å². The number of benzene rings is 1. The third-order valence-corrected chi connectivity index (χ3v) is 3.30. The van der Waals surface area contributed by atoms with Crippen LogP contribution in [0.4, 0.5) is 13.2 Å². The van der Waals surface area contributed by atoms with E-state index >= 15 is 0 Å². The Bertz CT molecular complexity index is 408. The number of halogens is 4. The first kappa shape index (κ1) is 13.6. The van der Waals surface area contributed by atoms with Crippen LogP contribution in [0.2, 0.25) is 5.02 Å². The molecule has 1 aliphatic rings. The van der Waals surface area contributed by atoms with Gasteiger partial charge in [0.25, 0.3) is 6.43 Å². The van der Waals surface area contributed by atoms with Crippen molar-refractivity contribution >= 4 is 11.6 Å². The lowest BCUT2D eigenvalue weighted by Crippen LogP contribution is -2.47. The first-order valence-corrected chi connectivity index (χ1v) is 6.15. The monoisotopic (exact) mass is 278 g/mol. The molecule has 1 atom stereocenters. The lowest BCUT2D eigenvalue weighted by atomic mass is 10.0. The van der Waals surface area contributed by atoms with Gasteiger partial charge in [-0.25, -0.2) is 13.2 Å². The zero-order valence-electron chi connectivity index (χ0n) is 9.67. The maximum Gasteiger partial charge on any atom is 0.258 e. The lowest BCUT2D eigenvalue weighted by Gasteiger charge is -2.34. The molecule has 0 bridgehead atoms. The Kier molecular flexibility index (Phi) is 4.48. The first-order chi connectivity index (χ1) is 8.59. The smallest absolute Gasteiger partial charge is 0.258 e. The topological polar surface area (TPSA) is 15.3 Å². The third-order valence-electron chi connectivity index (χ3n) is 3.06. The van der Waals surface area contributed by atoms with Crippen molar-refractivity contribution in [3.8, 4) is 0 Å². The average molecular weight is 279 g/mol.